The van der Waals surface area contributed by atoms with E-state index in [4.69, 9.17) is 16.3 Å². The van der Waals surface area contributed by atoms with E-state index in [1.807, 2.05) is 49.4 Å². The Morgan fingerprint density at radius 2 is 1.90 bits per heavy atom. The van der Waals surface area contributed by atoms with Crippen LogP contribution >= 0.6 is 11.6 Å². The Morgan fingerprint density at radius 1 is 1.10 bits per heavy atom. The number of halogens is 1. The first kappa shape index (κ1) is 12.9. The Bertz CT molecular complexity index is 723. The molecular formula is C16H13ClN2O. The molecule has 0 amide bonds. The molecule has 0 saturated heterocycles. The maximum absolute atomic E-state index is 6.03. The second-order valence-corrected chi connectivity index (χ2v) is 4.96. The molecule has 2 aromatic carbocycles. The molecule has 1 unspecified atom stereocenters. The van der Waals surface area contributed by atoms with Crippen molar-refractivity contribution < 1.29 is 4.74 Å². The fraction of sp³-hybridized carbons (Fsp3) is 0.125. The summed E-state index contributed by atoms with van der Waals surface area (Å²) >= 11 is 5.90. The number of benzene rings is 2. The Hall–Kier alpha value is -2.13. The Balaban J connectivity index is 1.91. The molecule has 1 heterocycles. The van der Waals surface area contributed by atoms with Gasteiger partial charge in [0, 0.05) is 11.2 Å². The summed E-state index contributed by atoms with van der Waals surface area (Å²) in [7, 11) is 0. The lowest BCUT2D eigenvalue weighted by molar-refractivity contribution is 0.230. The average Bonchev–Trinajstić information content (AvgIpc) is 2.48. The van der Waals surface area contributed by atoms with Crippen LogP contribution in [0.3, 0.4) is 0 Å². The number of aromatic nitrogens is 2. The molecule has 4 heteroatoms. The van der Waals surface area contributed by atoms with Crippen molar-refractivity contribution in [3.63, 3.8) is 0 Å². The van der Waals surface area contributed by atoms with Crippen LogP contribution in [0.15, 0.2) is 55.0 Å². The number of fused-ring (bicyclic) bond motifs is 1. The van der Waals surface area contributed by atoms with E-state index in [1.165, 1.54) is 6.33 Å². The molecule has 0 aliphatic rings. The van der Waals surface area contributed by atoms with Crippen molar-refractivity contribution >= 4 is 22.5 Å². The van der Waals surface area contributed by atoms with Gasteiger partial charge in [0.2, 0.25) is 0 Å². The summed E-state index contributed by atoms with van der Waals surface area (Å²) < 4.78 is 6.03. The van der Waals surface area contributed by atoms with Gasteiger partial charge in [0.25, 0.3) is 0 Å². The maximum atomic E-state index is 6.03. The summed E-state index contributed by atoms with van der Waals surface area (Å²) in [6, 6.07) is 13.5. The van der Waals surface area contributed by atoms with Gasteiger partial charge in [0.05, 0.1) is 10.9 Å². The zero-order valence-electron chi connectivity index (χ0n) is 11.0. The average molecular weight is 285 g/mol. The van der Waals surface area contributed by atoms with Gasteiger partial charge >= 0.3 is 0 Å². The van der Waals surface area contributed by atoms with E-state index >= 15 is 0 Å². The molecule has 0 spiro atoms. The van der Waals surface area contributed by atoms with Crippen LogP contribution in [0.25, 0.3) is 10.9 Å². The van der Waals surface area contributed by atoms with Gasteiger partial charge in [-0.15, -0.1) is 0 Å². The molecule has 20 heavy (non-hydrogen) atoms. The first-order chi connectivity index (χ1) is 9.74. The molecule has 0 bridgehead atoms. The molecular weight excluding hydrogens is 272 g/mol. The topological polar surface area (TPSA) is 35.0 Å². The van der Waals surface area contributed by atoms with Crippen LogP contribution in [0, 0.1) is 0 Å². The molecule has 0 fully saturated rings. The van der Waals surface area contributed by atoms with E-state index in [-0.39, 0.29) is 6.10 Å². The van der Waals surface area contributed by atoms with Crippen LogP contribution in [-0.2, 0) is 0 Å². The van der Waals surface area contributed by atoms with Gasteiger partial charge in [-0.3, -0.25) is 0 Å². The molecule has 0 saturated carbocycles. The molecule has 0 radical (unpaired) electrons. The summed E-state index contributed by atoms with van der Waals surface area (Å²) in [5.74, 6) is 0.783. The molecule has 0 aliphatic heterocycles. The van der Waals surface area contributed by atoms with Crippen LogP contribution < -0.4 is 4.74 Å². The largest absolute Gasteiger partial charge is 0.485 e. The van der Waals surface area contributed by atoms with Crippen molar-refractivity contribution in [1.82, 2.24) is 9.97 Å². The number of ether oxygens (including phenoxy) is 1. The summed E-state index contributed by atoms with van der Waals surface area (Å²) in [5.41, 5.74) is 1.95. The zero-order chi connectivity index (χ0) is 13.9. The van der Waals surface area contributed by atoms with Gasteiger partial charge in [-0.25, -0.2) is 9.97 Å². The van der Waals surface area contributed by atoms with E-state index in [0.29, 0.717) is 0 Å². The maximum Gasteiger partial charge on any atom is 0.131 e. The number of nitrogens with zero attached hydrogens (tertiary/aromatic N) is 2. The quantitative estimate of drug-likeness (QED) is 0.714. The minimum atomic E-state index is -0.0712. The lowest BCUT2D eigenvalue weighted by Gasteiger charge is -2.16. The first-order valence-electron chi connectivity index (χ1n) is 6.35. The van der Waals surface area contributed by atoms with Crippen LogP contribution in [0.5, 0.6) is 5.75 Å². The second kappa shape index (κ2) is 5.47. The number of hydrogen-bond acceptors (Lipinski definition) is 3. The molecule has 1 atom stereocenters. The van der Waals surface area contributed by atoms with E-state index < -0.39 is 0 Å². The van der Waals surface area contributed by atoms with Crippen molar-refractivity contribution in [2.24, 2.45) is 0 Å². The van der Waals surface area contributed by atoms with Gasteiger partial charge in [-0.2, -0.15) is 0 Å². The van der Waals surface area contributed by atoms with Crippen molar-refractivity contribution in [3.8, 4) is 5.75 Å². The highest BCUT2D eigenvalue weighted by Crippen LogP contribution is 2.28. The highest BCUT2D eigenvalue weighted by Gasteiger charge is 2.10. The highest BCUT2D eigenvalue weighted by atomic mass is 35.5. The van der Waals surface area contributed by atoms with Gasteiger partial charge in [-0.1, -0.05) is 29.8 Å². The summed E-state index contributed by atoms with van der Waals surface area (Å²) in [6.45, 7) is 2.01. The minimum Gasteiger partial charge on any atom is -0.485 e. The third kappa shape index (κ3) is 2.58. The van der Waals surface area contributed by atoms with Crippen LogP contribution in [0.2, 0.25) is 5.02 Å². The monoisotopic (exact) mass is 284 g/mol. The third-order valence-electron chi connectivity index (χ3n) is 3.15. The predicted molar refractivity (Wildman–Crippen MR) is 80.0 cm³/mol. The van der Waals surface area contributed by atoms with E-state index in [2.05, 4.69) is 9.97 Å². The van der Waals surface area contributed by atoms with Crippen LogP contribution in [-0.4, -0.2) is 9.97 Å². The molecule has 100 valence electrons. The molecule has 1 aromatic heterocycles. The zero-order valence-corrected chi connectivity index (χ0v) is 11.7. The second-order valence-electron chi connectivity index (χ2n) is 4.52. The van der Waals surface area contributed by atoms with Gasteiger partial charge in [0.15, 0.2) is 0 Å². The summed E-state index contributed by atoms with van der Waals surface area (Å²) in [5, 5.41) is 1.63. The fourth-order valence-corrected chi connectivity index (χ4v) is 2.20. The smallest absolute Gasteiger partial charge is 0.131 e. The number of rotatable bonds is 3. The Labute approximate surface area is 122 Å². The van der Waals surface area contributed by atoms with Gasteiger partial charge in [0.1, 0.15) is 18.2 Å². The highest BCUT2D eigenvalue weighted by molar-refractivity contribution is 6.30. The van der Waals surface area contributed by atoms with E-state index in [1.54, 1.807) is 6.20 Å². The minimum absolute atomic E-state index is 0.0712. The van der Waals surface area contributed by atoms with Crippen molar-refractivity contribution in [3.05, 3.63) is 65.6 Å². The SMILES string of the molecule is CC(Oc1cccc2ncncc12)c1ccc(Cl)cc1. The molecule has 3 rings (SSSR count). The molecule has 3 aromatic rings. The fourth-order valence-electron chi connectivity index (χ4n) is 2.07. The first-order valence-corrected chi connectivity index (χ1v) is 6.73. The lowest BCUT2D eigenvalue weighted by atomic mass is 10.1. The molecule has 0 N–H and O–H groups in total. The van der Waals surface area contributed by atoms with Gasteiger partial charge < -0.3 is 4.74 Å². The number of hydrogen-bond donors (Lipinski definition) is 0. The lowest BCUT2D eigenvalue weighted by Crippen LogP contribution is -2.03. The molecule has 3 nitrogen and oxygen atoms in total. The summed E-state index contributed by atoms with van der Waals surface area (Å²) in [4.78, 5) is 8.28. The van der Waals surface area contributed by atoms with E-state index in [9.17, 15) is 0 Å². The van der Waals surface area contributed by atoms with E-state index in [0.717, 1.165) is 27.2 Å². The summed E-state index contributed by atoms with van der Waals surface area (Å²) in [6.07, 6.45) is 3.24. The van der Waals surface area contributed by atoms with Crippen molar-refractivity contribution in [1.29, 1.82) is 0 Å². The van der Waals surface area contributed by atoms with Crippen molar-refractivity contribution in [2.45, 2.75) is 13.0 Å². The third-order valence-corrected chi connectivity index (χ3v) is 3.41. The standard InChI is InChI=1S/C16H13ClN2O/c1-11(12-5-7-13(17)8-6-12)20-16-4-2-3-15-14(16)9-18-10-19-15/h2-11H,1H3. The predicted octanol–water partition coefficient (Wildman–Crippen LogP) is 4.42. The Morgan fingerprint density at radius 3 is 2.70 bits per heavy atom. The van der Waals surface area contributed by atoms with Crippen molar-refractivity contribution in [2.75, 3.05) is 0 Å². The molecule has 0 aliphatic carbocycles. The van der Waals surface area contributed by atoms with Crippen LogP contribution in [0.1, 0.15) is 18.6 Å². The Kier molecular flexibility index (Phi) is 3.52. The normalized spacial score (nSPS) is 12.3. The van der Waals surface area contributed by atoms with Gasteiger partial charge in [-0.05, 0) is 36.8 Å². The van der Waals surface area contributed by atoms with Crippen LogP contribution in [0.4, 0.5) is 0 Å².